The third kappa shape index (κ3) is 5.48. The molecule has 8 nitrogen and oxygen atoms in total. The molecule has 30 heavy (non-hydrogen) atoms. The van der Waals surface area contributed by atoms with Gasteiger partial charge in [0.15, 0.2) is 0 Å². The summed E-state index contributed by atoms with van der Waals surface area (Å²) in [5.41, 5.74) is 4.79. The number of nitrogens with two attached hydrogens (primary N) is 1. The van der Waals surface area contributed by atoms with E-state index in [1.807, 2.05) is 12.1 Å². The summed E-state index contributed by atoms with van der Waals surface area (Å²) < 4.78 is 0. The number of aromatic amines is 1. The topological polar surface area (TPSA) is 137 Å². The Morgan fingerprint density at radius 1 is 0.967 bits per heavy atom. The molecule has 0 spiro atoms. The standard InChI is InChI=1S/C22H29N3O5/c1-12(2)9-25(10-13(3)4)11-14-5-7-15(8-6-14)16-17(21(27)28)19(23)24-20(26)18(16)22(29)30/h5-8,12-13H,9-11H2,1-4H3,(H,27,28)(H,29,30)(H3,23,24,26). The number of carboxylic acids is 2. The number of benzene rings is 1. The van der Waals surface area contributed by atoms with Crippen LogP contribution < -0.4 is 11.3 Å². The van der Waals surface area contributed by atoms with Crippen LogP contribution >= 0.6 is 0 Å². The van der Waals surface area contributed by atoms with Crippen molar-refractivity contribution in [1.29, 1.82) is 0 Å². The molecule has 5 N–H and O–H groups in total. The maximum absolute atomic E-state index is 12.2. The zero-order valence-electron chi connectivity index (χ0n) is 17.7. The second-order valence-electron chi connectivity index (χ2n) is 8.28. The molecule has 0 atom stereocenters. The van der Waals surface area contributed by atoms with Crippen molar-refractivity contribution in [3.8, 4) is 11.1 Å². The van der Waals surface area contributed by atoms with Gasteiger partial charge in [-0.3, -0.25) is 9.69 Å². The van der Waals surface area contributed by atoms with Gasteiger partial charge in [-0.1, -0.05) is 52.0 Å². The molecular weight excluding hydrogens is 386 g/mol. The summed E-state index contributed by atoms with van der Waals surface area (Å²) in [6, 6.07) is 6.89. The number of aromatic nitrogens is 1. The van der Waals surface area contributed by atoms with Gasteiger partial charge in [0, 0.05) is 25.2 Å². The van der Waals surface area contributed by atoms with Gasteiger partial charge in [0.25, 0.3) is 5.56 Å². The number of pyridine rings is 1. The fourth-order valence-corrected chi connectivity index (χ4v) is 3.61. The zero-order valence-corrected chi connectivity index (χ0v) is 17.7. The van der Waals surface area contributed by atoms with Crippen molar-refractivity contribution < 1.29 is 19.8 Å². The quantitative estimate of drug-likeness (QED) is 0.494. The highest BCUT2D eigenvalue weighted by Gasteiger charge is 2.26. The molecule has 0 saturated heterocycles. The minimum Gasteiger partial charge on any atom is -0.478 e. The van der Waals surface area contributed by atoms with Crippen LogP contribution in [0.4, 0.5) is 5.82 Å². The van der Waals surface area contributed by atoms with Gasteiger partial charge in [0.2, 0.25) is 0 Å². The molecule has 162 valence electrons. The Labute approximate surface area is 175 Å². The lowest BCUT2D eigenvalue weighted by Gasteiger charge is -2.26. The summed E-state index contributed by atoms with van der Waals surface area (Å²) in [6.45, 7) is 11.2. The van der Waals surface area contributed by atoms with E-state index in [4.69, 9.17) is 5.73 Å². The monoisotopic (exact) mass is 415 g/mol. The van der Waals surface area contributed by atoms with Crippen molar-refractivity contribution in [2.45, 2.75) is 34.2 Å². The van der Waals surface area contributed by atoms with Crippen molar-refractivity contribution in [1.82, 2.24) is 9.88 Å². The van der Waals surface area contributed by atoms with Gasteiger partial charge in [-0.15, -0.1) is 0 Å². The Bertz CT molecular complexity index is 968. The van der Waals surface area contributed by atoms with E-state index in [1.165, 1.54) is 0 Å². The average molecular weight is 415 g/mol. The summed E-state index contributed by atoms with van der Waals surface area (Å²) in [5.74, 6) is -2.28. The molecule has 0 amide bonds. The Morgan fingerprint density at radius 2 is 1.47 bits per heavy atom. The number of nitrogen functional groups attached to an aromatic ring is 1. The number of nitrogens with one attached hydrogen (secondary N) is 1. The molecule has 0 bridgehead atoms. The largest absolute Gasteiger partial charge is 0.478 e. The van der Waals surface area contributed by atoms with E-state index in [0.717, 1.165) is 18.7 Å². The molecule has 0 fully saturated rings. The maximum Gasteiger partial charge on any atom is 0.342 e. The highest BCUT2D eigenvalue weighted by molar-refractivity contribution is 6.07. The Hall–Kier alpha value is -3.13. The first-order valence-corrected chi connectivity index (χ1v) is 9.85. The number of hydrogen-bond acceptors (Lipinski definition) is 5. The third-order valence-electron chi connectivity index (χ3n) is 4.57. The predicted octanol–water partition coefficient (Wildman–Crippen LogP) is 3.13. The van der Waals surface area contributed by atoms with Gasteiger partial charge in [-0.05, 0) is 23.0 Å². The van der Waals surface area contributed by atoms with Crippen LogP contribution in [0.25, 0.3) is 11.1 Å². The Balaban J connectivity index is 2.49. The predicted molar refractivity (Wildman–Crippen MR) is 116 cm³/mol. The van der Waals surface area contributed by atoms with Crippen molar-refractivity contribution >= 4 is 17.8 Å². The lowest BCUT2D eigenvalue weighted by Crippen LogP contribution is -2.30. The van der Waals surface area contributed by atoms with E-state index in [0.29, 0.717) is 23.9 Å². The van der Waals surface area contributed by atoms with E-state index >= 15 is 0 Å². The number of carbonyl (C=O) groups is 2. The SMILES string of the molecule is CC(C)CN(Cc1ccc(-c2c(C(=O)O)c(N)[nH]c(=O)c2C(=O)O)cc1)CC(C)C. The average Bonchev–Trinajstić information content (AvgIpc) is 2.59. The molecule has 2 aromatic rings. The highest BCUT2D eigenvalue weighted by Crippen LogP contribution is 2.29. The minimum absolute atomic E-state index is 0.191. The second-order valence-corrected chi connectivity index (χ2v) is 8.28. The molecule has 0 unspecified atom stereocenters. The van der Waals surface area contributed by atoms with E-state index in [2.05, 4.69) is 37.6 Å². The van der Waals surface area contributed by atoms with Crippen molar-refractivity contribution in [3.63, 3.8) is 0 Å². The van der Waals surface area contributed by atoms with Crippen LogP contribution in [0, 0.1) is 11.8 Å². The number of H-pyrrole nitrogens is 1. The number of carboxylic acid groups (broad SMARTS) is 2. The lowest BCUT2D eigenvalue weighted by molar-refractivity contribution is 0.0695. The molecule has 1 heterocycles. The molecular formula is C22H29N3O5. The fourth-order valence-electron chi connectivity index (χ4n) is 3.61. The maximum atomic E-state index is 12.2. The van der Waals surface area contributed by atoms with Crippen molar-refractivity contribution in [2.24, 2.45) is 11.8 Å². The molecule has 0 aliphatic rings. The number of anilines is 1. The summed E-state index contributed by atoms with van der Waals surface area (Å²) in [4.78, 5) is 40.0. The zero-order chi connectivity index (χ0) is 22.6. The third-order valence-corrected chi connectivity index (χ3v) is 4.57. The number of hydrogen-bond donors (Lipinski definition) is 4. The molecule has 0 saturated carbocycles. The van der Waals surface area contributed by atoms with Crippen LogP contribution in [0.5, 0.6) is 0 Å². The first-order valence-electron chi connectivity index (χ1n) is 9.85. The molecule has 0 radical (unpaired) electrons. The van der Waals surface area contributed by atoms with Crippen LogP contribution in [0.1, 0.15) is 54.0 Å². The number of aromatic carboxylic acids is 2. The fraction of sp³-hybridized carbons (Fsp3) is 0.409. The second kappa shape index (κ2) is 9.58. The lowest BCUT2D eigenvalue weighted by atomic mass is 9.94. The van der Waals surface area contributed by atoms with E-state index in [9.17, 15) is 24.6 Å². The minimum atomic E-state index is -1.52. The van der Waals surface area contributed by atoms with Crippen molar-refractivity contribution in [3.05, 3.63) is 51.3 Å². The van der Waals surface area contributed by atoms with Crippen LogP contribution in [0.3, 0.4) is 0 Å². The molecule has 1 aromatic carbocycles. The van der Waals surface area contributed by atoms with Gasteiger partial charge in [-0.2, -0.15) is 0 Å². The summed E-state index contributed by atoms with van der Waals surface area (Å²) >= 11 is 0. The van der Waals surface area contributed by atoms with Gasteiger partial charge in [0.1, 0.15) is 16.9 Å². The summed E-state index contributed by atoms with van der Waals surface area (Å²) in [7, 11) is 0. The highest BCUT2D eigenvalue weighted by atomic mass is 16.4. The van der Waals surface area contributed by atoms with E-state index in [1.54, 1.807) is 12.1 Å². The van der Waals surface area contributed by atoms with Gasteiger partial charge in [0.05, 0.1) is 0 Å². The van der Waals surface area contributed by atoms with E-state index in [-0.39, 0.29) is 11.4 Å². The van der Waals surface area contributed by atoms with Crippen molar-refractivity contribution in [2.75, 3.05) is 18.8 Å². The Kier molecular flexibility index (Phi) is 7.39. The van der Waals surface area contributed by atoms with Crippen LogP contribution in [-0.4, -0.2) is 45.1 Å². The summed E-state index contributed by atoms with van der Waals surface area (Å²) in [6.07, 6.45) is 0. The van der Waals surface area contributed by atoms with Crippen LogP contribution in [0.15, 0.2) is 29.1 Å². The molecule has 8 heteroatoms. The molecule has 1 aromatic heterocycles. The van der Waals surface area contributed by atoms with Gasteiger partial charge >= 0.3 is 11.9 Å². The molecule has 2 rings (SSSR count). The molecule has 0 aliphatic heterocycles. The Morgan fingerprint density at radius 3 is 1.90 bits per heavy atom. The van der Waals surface area contributed by atoms with E-state index < -0.39 is 28.6 Å². The normalized spacial score (nSPS) is 11.4. The molecule has 0 aliphatic carbocycles. The first kappa shape index (κ1) is 23.2. The first-order chi connectivity index (χ1) is 14.0. The van der Waals surface area contributed by atoms with Crippen LogP contribution in [-0.2, 0) is 6.54 Å². The number of rotatable bonds is 9. The van der Waals surface area contributed by atoms with Gasteiger partial charge in [-0.25, -0.2) is 9.59 Å². The summed E-state index contributed by atoms with van der Waals surface area (Å²) in [5, 5.41) is 19.0. The smallest absolute Gasteiger partial charge is 0.342 e. The van der Waals surface area contributed by atoms with Gasteiger partial charge < -0.3 is 20.9 Å². The number of nitrogens with zero attached hydrogens (tertiary/aromatic N) is 1. The van der Waals surface area contributed by atoms with Crippen LogP contribution in [0.2, 0.25) is 0 Å².